The summed E-state index contributed by atoms with van der Waals surface area (Å²) in [7, 11) is 0. The van der Waals surface area contributed by atoms with E-state index in [1.165, 1.54) is 12.8 Å². The molecule has 4 heteroatoms. The minimum atomic E-state index is 0.391. The van der Waals surface area contributed by atoms with Crippen molar-refractivity contribution in [1.82, 2.24) is 5.01 Å². The third-order valence-corrected chi connectivity index (χ3v) is 3.85. The van der Waals surface area contributed by atoms with Crippen LogP contribution >= 0.6 is 0 Å². The van der Waals surface area contributed by atoms with Crippen LogP contribution < -0.4 is 10.7 Å². The Morgan fingerprint density at radius 3 is 2.24 bits per heavy atom. The lowest BCUT2D eigenvalue weighted by Gasteiger charge is -2.51. The standard InChI is InChI=1S/C13H16N4/c14-9-16-11-5-7-13(8-6-11)17(16)12-3-1-10(15)2-4-12/h1-4,11,13H,5-8,15H2. The molecule has 17 heavy (non-hydrogen) atoms. The fourth-order valence-corrected chi connectivity index (χ4v) is 2.99. The smallest absolute Gasteiger partial charge is 0.200 e. The Morgan fingerprint density at radius 1 is 1.06 bits per heavy atom. The predicted molar refractivity (Wildman–Crippen MR) is 66.8 cm³/mol. The van der Waals surface area contributed by atoms with E-state index in [4.69, 9.17) is 5.73 Å². The van der Waals surface area contributed by atoms with Crippen molar-refractivity contribution in [2.75, 3.05) is 10.7 Å². The van der Waals surface area contributed by atoms with Gasteiger partial charge in [0.1, 0.15) is 0 Å². The van der Waals surface area contributed by atoms with E-state index in [1.807, 2.05) is 29.3 Å². The summed E-state index contributed by atoms with van der Waals surface area (Å²) in [5, 5.41) is 13.3. The maximum Gasteiger partial charge on any atom is 0.200 e. The van der Waals surface area contributed by atoms with Crippen LogP contribution in [0.5, 0.6) is 0 Å². The van der Waals surface area contributed by atoms with Crippen LogP contribution in [0.15, 0.2) is 24.3 Å². The van der Waals surface area contributed by atoms with E-state index < -0.39 is 0 Å². The molecule has 0 spiro atoms. The molecule has 2 N–H and O–H groups in total. The number of benzene rings is 1. The van der Waals surface area contributed by atoms with Crippen molar-refractivity contribution in [3.8, 4) is 6.19 Å². The van der Waals surface area contributed by atoms with Gasteiger partial charge in [-0.15, -0.1) is 0 Å². The van der Waals surface area contributed by atoms with E-state index in [0.29, 0.717) is 12.1 Å². The van der Waals surface area contributed by atoms with Crippen LogP contribution in [0.25, 0.3) is 0 Å². The van der Waals surface area contributed by atoms with Gasteiger partial charge in [0, 0.05) is 5.69 Å². The fourth-order valence-electron chi connectivity index (χ4n) is 2.99. The van der Waals surface area contributed by atoms with Crippen molar-refractivity contribution < 1.29 is 0 Å². The molecule has 1 aromatic rings. The van der Waals surface area contributed by atoms with Crippen LogP contribution in [-0.4, -0.2) is 17.1 Å². The largest absolute Gasteiger partial charge is 0.399 e. The third-order valence-electron chi connectivity index (χ3n) is 3.85. The molecule has 0 unspecified atom stereocenters. The molecular formula is C13H16N4. The number of hydrogen-bond acceptors (Lipinski definition) is 4. The Hall–Kier alpha value is -1.89. The summed E-state index contributed by atoms with van der Waals surface area (Å²) in [4.78, 5) is 0. The molecule has 1 aliphatic carbocycles. The van der Waals surface area contributed by atoms with Crippen LogP contribution in [0.2, 0.25) is 0 Å². The van der Waals surface area contributed by atoms with Gasteiger partial charge in [0.25, 0.3) is 0 Å². The van der Waals surface area contributed by atoms with Crippen LogP contribution in [0.1, 0.15) is 25.7 Å². The minimum absolute atomic E-state index is 0.391. The van der Waals surface area contributed by atoms with E-state index in [0.717, 1.165) is 24.2 Å². The summed E-state index contributed by atoms with van der Waals surface area (Å²) in [5.74, 6) is 0. The zero-order chi connectivity index (χ0) is 11.8. The second-order valence-electron chi connectivity index (χ2n) is 4.84. The second kappa shape index (κ2) is 3.85. The highest BCUT2D eigenvalue weighted by atomic mass is 15.7. The van der Waals surface area contributed by atoms with Crippen molar-refractivity contribution in [1.29, 1.82) is 5.26 Å². The molecule has 0 aromatic heterocycles. The molecule has 2 bridgehead atoms. The molecule has 3 aliphatic rings. The van der Waals surface area contributed by atoms with Crippen LogP contribution in [0, 0.1) is 11.5 Å². The van der Waals surface area contributed by atoms with Crippen molar-refractivity contribution in [2.24, 2.45) is 0 Å². The van der Waals surface area contributed by atoms with E-state index in [2.05, 4.69) is 11.2 Å². The monoisotopic (exact) mass is 228 g/mol. The summed E-state index contributed by atoms with van der Waals surface area (Å²) < 4.78 is 0. The average Bonchev–Trinajstić information content (AvgIpc) is 2.40. The lowest BCUT2D eigenvalue weighted by molar-refractivity contribution is 0.110. The summed E-state index contributed by atoms with van der Waals surface area (Å²) in [6.07, 6.45) is 6.99. The van der Waals surface area contributed by atoms with E-state index in [-0.39, 0.29) is 0 Å². The van der Waals surface area contributed by atoms with Gasteiger partial charge in [0.05, 0.1) is 17.8 Å². The van der Waals surface area contributed by atoms with Crippen molar-refractivity contribution in [3.63, 3.8) is 0 Å². The van der Waals surface area contributed by atoms with Crippen LogP contribution in [0.3, 0.4) is 0 Å². The van der Waals surface area contributed by atoms with Crippen molar-refractivity contribution in [3.05, 3.63) is 24.3 Å². The van der Waals surface area contributed by atoms with Gasteiger partial charge >= 0.3 is 0 Å². The zero-order valence-electron chi connectivity index (χ0n) is 9.71. The lowest BCUT2D eigenvalue weighted by Crippen LogP contribution is -2.59. The zero-order valence-corrected chi connectivity index (χ0v) is 9.71. The highest BCUT2D eigenvalue weighted by Gasteiger charge is 2.40. The third kappa shape index (κ3) is 1.59. The molecule has 1 saturated carbocycles. The number of rotatable bonds is 1. The first-order valence-corrected chi connectivity index (χ1v) is 6.13. The first kappa shape index (κ1) is 10.3. The average molecular weight is 228 g/mol. The Morgan fingerprint density at radius 2 is 1.65 bits per heavy atom. The number of nitrogens with zero attached hydrogens (tertiary/aromatic N) is 3. The first-order chi connectivity index (χ1) is 8.29. The number of hydrogen-bond donors (Lipinski definition) is 1. The number of hydrazine groups is 1. The number of nitriles is 1. The maximum absolute atomic E-state index is 9.31. The number of nitrogens with two attached hydrogens (primary N) is 1. The predicted octanol–water partition coefficient (Wildman–Crippen LogP) is 2.10. The fraction of sp³-hybridized carbons (Fsp3) is 0.462. The quantitative estimate of drug-likeness (QED) is 0.590. The highest BCUT2D eigenvalue weighted by Crippen LogP contribution is 2.38. The molecule has 2 saturated heterocycles. The van der Waals surface area contributed by atoms with Gasteiger partial charge in [0.15, 0.2) is 6.19 Å². The minimum Gasteiger partial charge on any atom is -0.399 e. The van der Waals surface area contributed by atoms with Gasteiger partial charge < -0.3 is 5.73 Å². The van der Waals surface area contributed by atoms with Gasteiger partial charge in [-0.05, 0) is 49.9 Å². The summed E-state index contributed by atoms with van der Waals surface area (Å²) >= 11 is 0. The summed E-state index contributed by atoms with van der Waals surface area (Å²) in [6.45, 7) is 0. The van der Waals surface area contributed by atoms with Gasteiger partial charge in [0.2, 0.25) is 0 Å². The van der Waals surface area contributed by atoms with E-state index in [1.54, 1.807) is 0 Å². The van der Waals surface area contributed by atoms with Crippen LogP contribution in [-0.2, 0) is 0 Å². The van der Waals surface area contributed by atoms with Crippen molar-refractivity contribution >= 4 is 11.4 Å². The second-order valence-corrected chi connectivity index (χ2v) is 4.84. The summed E-state index contributed by atoms with van der Waals surface area (Å²) in [6, 6.07) is 8.66. The Balaban J connectivity index is 1.95. The van der Waals surface area contributed by atoms with E-state index >= 15 is 0 Å². The summed E-state index contributed by atoms with van der Waals surface area (Å²) in [5.41, 5.74) is 7.54. The Kier molecular flexibility index (Phi) is 2.32. The lowest BCUT2D eigenvalue weighted by atomic mass is 9.87. The molecular weight excluding hydrogens is 212 g/mol. The van der Waals surface area contributed by atoms with E-state index in [9.17, 15) is 5.26 Å². The number of nitrogen functional groups attached to an aromatic ring is 1. The maximum atomic E-state index is 9.31. The van der Waals surface area contributed by atoms with Gasteiger partial charge in [-0.2, -0.15) is 5.26 Å². The topological polar surface area (TPSA) is 56.3 Å². The molecule has 1 aromatic carbocycles. The molecule has 3 fully saturated rings. The Bertz CT molecular complexity index is 439. The molecule has 0 amide bonds. The number of fused-ring (bicyclic) bond motifs is 3. The molecule has 4 rings (SSSR count). The van der Waals surface area contributed by atoms with Gasteiger partial charge in [-0.3, -0.25) is 5.01 Å². The number of anilines is 2. The molecule has 2 aliphatic heterocycles. The molecule has 0 radical (unpaired) electrons. The SMILES string of the molecule is N#CN1C2CCC(CC2)N1c1ccc(N)cc1. The van der Waals surface area contributed by atoms with Gasteiger partial charge in [-0.1, -0.05) is 0 Å². The molecule has 4 nitrogen and oxygen atoms in total. The van der Waals surface area contributed by atoms with Gasteiger partial charge in [-0.25, -0.2) is 5.01 Å². The highest BCUT2D eigenvalue weighted by molar-refractivity contribution is 5.54. The van der Waals surface area contributed by atoms with Crippen molar-refractivity contribution in [2.45, 2.75) is 37.8 Å². The molecule has 0 atom stereocenters. The normalized spacial score (nSPS) is 27.0. The molecule has 2 heterocycles. The van der Waals surface area contributed by atoms with Crippen LogP contribution in [0.4, 0.5) is 11.4 Å². The first-order valence-electron chi connectivity index (χ1n) is 6.13. The molecule has 88 valence electrons. The Labute approximate surface area is 101 Å².